The second-order valence-corrected chi connectivity index (χ2v) is 4.43. The number of benzene rings is 1. The molecule has 0 radical (unpaired) electrons. The molecule has 90 valence electrons. The lowest BCUT2D eigenvalue weighted by molar-refractivity contribution is 0.0953. The highest BCUT2D eigenvalue weighted by molar-refractivity contribution is 14.1. The van der Waals surface area contributed by atoms with E-state index < -0.39 is 0 Å². The predicted molar refractivity (Wildman–Crippen MR) is 77.4 cm³/mol. The van der Waals surface area contributed by atoms with E-state index in [0.717, 1.165) is 21.2 Å². The van der Waals surface area contributed by atoms with Crippen LogP contribution in [0.3, 0.4) is 0 Å². The molecule has 1 aromatic rings. The van der Waals surface area contributed by atoms with Crippen LogP contribution in [0.4, 0.5) is 0 Å². The number of carbonyl (C=O) groups excluding carboxylic acids is 1. The molecule has 1 rings (SSSR count). The Bertz CT molecular complexity index is 358. The number of halogens is 2. The maximum atomic E-state index is 11.8. The molecule has 0 atom stereocenters. The first kappa shape index (κ1) is 15.7. The molecule has 16 heavy (non-hydrogen) atoms. The minimum absolute atomic E-state index is 0. The average Bonchev–Trinajstić information content (AvgIpc) is 2.22. The van der Waals surface area contributed by atoms with Crippen molar-refractivity contribution in [1.82, 2.24) is 10.6 Å². The van der Waals surface area contributed by atoms with Crippen molar-refractivity contribution < 1.29 is 4.79 Å². The van der Waals surface area contributed by atoms with Gasteiger partial charge in [0.2, 0.25) is 0 Å². The normalized spacial score (nSPS) is 9.44. The Morgan fingerprint density at radius 1 is 1.38 bits per heavy atom. The molecule has 3 nitrogen and oxygen atoms in total. The molecule has 0 aromatic heterocycles. The molecule has 0 aliphatic rings. The van der Waals surface area contributed by atoms with Crippen molar-refractivity contribution in [3.05, 3.63) is 32.9 Å². The van der Waals surface area contributed by atoms with E-state index in [1.807, 2.05) is 32.2 Å². The van der Waals surface area contributed by atoms with Crippen LogP contribution in [0.1, 0.15) is 15.9 Å². The summed E-state index contributed by atoms with van der Waals surface area (Å²) in [5.74, 6) is 0.00117. The molecule has 0 fully saturated rings. The Morgan fingerprint density at radius 3 is 2.69 bits per heavy atom. The van der Waals surface area contributed by atoms with E-state index in [9.17, 15) is 4.79 Å². The summed E-state index contributed by atoms with van der Waals surface area (Å²) in [6.07, 6.45) is 0. The van der Waals surface area contributed by atoms with Crippen LogP contribution < -0.4 is 10.6 Å². The van der Waals surface area contributed by atoms with Crippen molar-refractivity contribution in [1.29, 1.82) is 0 Å². The van der Waals surface area contributed by atoms with E-state index in [4.69, 9.17) is 0 Å². The third-order valence-electron chi connectivity index (χ3n) is 2.17. The predicted octanol–water partition coefficient (Wildman–Crippen LogP) is 1.97. The fourth-order valence-corrected chi connectivity index (χ4v) is 1.75. The summed E-state index contributed by atoms with van der Waals surface area (Å²) in [6, 6.07) is 5.76. The van der Waals surface area contributed by atoms with Crippen LogP contribution in [0, 0.1) is 10.5 Å². The van der Waals surface area contributed by atoms with E-state index in [-0.39, 0.29) is 18.3 Å². The SMILES string of the molecule is CNCCNC(=O)c1cccc(I)c1C.Cl. The fourth-order valence-electron chi connectivity index (χ4n) is 1.25. The number of likely N-dealkylation sites (N-methyl/N-ethyl adjacent to an activating group) is 1. The van der Waals surface area contributed by atoms with Gasteiger partial charge in [0.05, 0.1) is 0 Å². The Labute approximate surface area is 116 Å². The van der Waals surface area contributed by atoms with Crippen molar-refractivity contribution in [2.75, 3.05) is 20.1 Å². The first-order valence-corrected chi connectivity index (χ1v) is 5.92. The van der Waals surface area contributed by atoms with Gasteiger partial charge >= 0.3 is 0 Å². The summed E-state index contributed by atoms with van der Waals surface area (Å²) in [7, 11) is 1.86. The van der Waals surface area contributed by atoms with Crippen LogP contribution in [0.15, 0.2) is 18.2 Å². The van der Waals surface area contributed by atoms with E-state index in [1.165, 1.54) is 0 Å². The van der Waals surface area contributed by atoms with Crippen molar-refractivity contribution in [2.24, 2.45) is 0 Å². The minimum Gasteiger partial charge on any atom is -0.351 e. The highest BCUT2D eigenvalue weighted by atomic mass is 127. The molecule has 2 N–H and O–H groups in total. The summed E-state index contributed by atoms with van der Waals surface area (Å²) < 4.78 is 1.12. The molecule has 0 aliphatic heterocycles. The topological polar surface area (TPSA) is 41.1 Å². The molecular weight excluding hydrogens is 338 g/mol. The first-order valence-electron chi connectivity index (χ1n) is 4.84. The van der Waals surface area contributed by atoms with Crippen LogP contribution in [-0.4, -0.2) is 26.0 Å². The number of hydrogen-bond acceptors (Lipinski definition) is 2. The fraction of sp³-hybridized carbons (Fsp3) is 0.364. The number of amides is 1. The maximum Gasteiger partial charge on any atom is 0.251 e. The molecule has 0 aliphatic carbocycles. The van der Waals surface area contributed by atoms with Gasteiger partial charge < -0.3 is 10.6 Å². The quantitative estimate of drug-likeness (QED) is 0.641. The highest BCUT2D eigenvalue weighted by Crippen LogP contribution is 2.15. The number of nitrogens with one attached hydrogen (secondary N) is 2. The van der Waals surface area contributed by atoms with Crippen molar-refractivity contribution >= 4 is 40.9 Å². The summed E-state index contributed by atoms with van der Waals surface area (Å²) in [5, 5.41) is 5.85. The van der Waals surface area contributed by atoms with Gasteiger partial charge in [0.15, 0.2) is 0 Å². The lowest BCUT2D eigenvalue weighted by atomic mass is 10.1. The van der Waals surface area contributed by atoms with Gasteiger partial charge in [0, 0.05) is 22.2 Å². The van der Waals surface area contributed by atoms with Gasteiger partial charge in [-0.3, -0.25) is 4.79 Å². The average molecular weight is 355 g/mol. The smallest absolute Gasteiger partial charge is 0.251 e. The molecule has 1 aromatic carbocycles. The van der Waals surface area contributed by atoms with Gasteiger partial charge in [0.1, 0.15) is 0 Å². The number of carbonyl (C=O) groups is 1. The van der Waals surface area contributed by atoms with Crippen molar-refractivity contribution in [2.45, 2.75) is 6.92 Å². The molecule has 0 spiro atoms. The summed E-state index contributed by atoms with van der Waals surface area (Å²) in [5.41, 5.74) is 1.80. The Balaban J connectivity index is 0.00000225. The highest BCUT2D eigenvalue weighted by Gasteiger charge is 2.09. The van der Waals surface area contributed by atoms with Gasteiger partial charge in [-0.15, -0.1) is 12.4 Å². The lowest BCUT2D eigenvalue weighted by Gasteiger charge is -2.08. The zero-order valence-corrected chi connectivity index (χ0v) is 12.3. The molecule has 0 unspecified atom stereocenters. The third kappa shape index (κ3) is 4.27. The summed E-state index contributed by atoms with van der Waals surface area (Å²) >= 11 is 2.24. The van der Waals surface area contributed by atoms with E-state index >= 15 is 0 Å². The number of hydrogen-bond donors (Lipinski definition) is 2. The molecule has 0 saturated carbocycles. The van der Waals surface area contributed by atoms with Gasteiger partial charge in [-0.25, -0.2) is 0 Å². The van der Waals surface area contributed by atoms with E-state index in [0.29, 0.717) is 6.54 Å². The zero-order chi connectivity index (χ0) is 11.3. The molecule has 5 heteroatoms. The maximum absolute atomic E-state index is 11.8. The minimum atomic E-state index is 0. The van der Waals surface area contributed by atoms with Gasteiger partial charge in [-0.2, -0.15) is 0 Å². The molecule has 1 amide bonds. The van der Waals surface area contributed by atoms with Crippen LogP contribution in [0.5, 0.6) is 0 Å². The van der Waals surface area contributed by atoms with Crippen molar-refractivity contribution in [3.8, 4) is 0 Å². The Kier molecular flexibility index (Phi) is 7.70. The molecule has 0 saturated heterocycles. The lowest BCUT2D eigenvalue weighted by Crippen LogP contribution is -2.30. The van der Waals surface area contributed by atoms with Gasteiger partial charge in [-0.05, 0) is 54.3 Å². The van der Waals surface area contributed by atoms with Crippen LogP contribution in [0.25, 0.3) is 0 Å². The van der Waals surface area contributed by atoms with E-state index in [2.05, 4.69) is 33.2 Å². The molecular formula is C11H16ClIN2O. The third-order valence-corrected chi connectivity index (χ3v) is 3.34. The zero-order valence-electron chi connectivity index (χ0n) is 9.34. The second kappa shape index (κ2) is 7.86. The number of rotatable bonds is 4. The van der Waals surface area contributed by atoms with Gasteiger partial charge in [-0.1, -0.05) is 6.07 Å². The molecule has 0 heterocycles. The molecule has 0 bridgehead atoms. The monoisotopic (exact) mass is 354 g/mol. The van der Waals surface area contributed by atoms with Crippen LogP contribution in [0.2, 0.25) is 0 Å². The summed E-state index contributed by atoms with van der Waals surface area (Å²) in [6.45, 7) is 3.41. The Hall–Kier alpha value is -0.330. The van der Waals surface area contributed by atoms with Crippen molar-refractivity contribution in [3.63, 3.8) is 0 Å². The standard InChI is InChI=1S/C11H15IN2O.ClH/c1-8-9(4-3-5-10(8)12)11(15)14-7-6-13-2;/h3-5,13H,6-7H2,1-2H3,(H,14,15);1H. The first-order chi connectivity index (χ1) is 7.16. The van der Waals surface area contributed by atoms with Gasteiger partial charge in [0.25, 0.3) is 5.91 Å². The second-order valence-electron chi connectivity index (χ2n) is 3.27. The largest absolute Gasteiger partial charge is 0.351 e. The Morgan fingerprint density at radius 2 is 2.06 bits per heavy atom. The summed E-state index contributed by atoms with van der Waals surface area (Å²) in [4.78, 5) is 11.8. The van der Waals surface area contributed by atoms with Crippen LogP contribution in [-0.2, 0) is 0 Å². The van der Waals surface area contributed by atoms with Crippen LogP contribution >= 0.6 is 35.0 Å². The van der Waals surface area contributed by atoms with E-state index in [1.54, 1.807) is 0 Å².